The fourth-order valence-electron chi connectivity index (χ4n) is 3.85. The molecule has 3 rings (SSSR count). The molecule has 38 heavy (non-hydrogen) atoms. The van der Waals surface area contributed by atoms with E-state index in [0.717, 1.165) is 11.1 Å². The molecule has 2 aromatic rings. The standard InChI is InChI=1S/C26H32N4O6S2/c1-26(2)21(25(35)36)30-23(33)19(13-15-6-4-3-5-7-15)28-24(34)20(14-37-38-26)29-22(32)18(27)12-16-8-10-17(31)11-9-16/h3-11,18-21,31H,12-14,27H2,1-2H3,(H,28,34)(H,29,32)(H,30,33)(H,35,36)/t18-,19+,20-,21+/m0/s1. The quantitative estimate of drug-likeness (QED) is 0.272. The highest BCUT2D eigenvalue weighted by Crippen LogP contribution is 2.39. The zero-order valence-electron chi connectivity index (χ0n) is 21.0. The number of carbonyl (C=O) groups excluding carboxylic acids is 3. The Labute approximate surface area is 228 Å². The third-order valence-corrected chi connectivity index (χ3v) is 9.32. The minimum Gasteiger partial charge on any atom is -0.508 e. The van der Waals surface area contributed by atoms with Crippen molar-refractivity contribution < 1.29 is 29.4 Å². The molecule has 0 radical (unpaired) electrons. The minimum absolute atomic E-state index is 0.0950. The Morgan fingerprint density at radius 1 is 1.05 bits per heavy atom. The second kappa shape index (κ2) is 13.0. The maximum atomic E-state index is 13.3. The monoisotopic (exact) mass is 560 g/mol. The number of carboxylic acid groups (broad SMARTS) is 1. The Hall–Kier alpha value is -3.22. The number of amides is 3. The van der Waals surface area contributed by atoms with Crippen molar-refractivity contribution in [2.24, 2.45) is 5.73 Å². The zero-order valence-corrected chi connectivity index (χ0v) is 22.7. The summed E-state index contributed by atoms with van der Waals surface area (Å²) in [6.45, 7) is 3.40. The Balaban J connectivity index is 1.81. The molecular weight excluding hydrogens is 528 g/mol. The van der Waals surface area contributed by atoms with Crippen LogP contribution in [0.15, 0.2) is 54.6 Å². The number of benzene rings is 2. The number of phenolic OH excluding ortho intramolecular Hbond substituents is 1. The summed E-state index contributed by atoms with van der Waals surface area (Å²) >= 11 is 0. The van der Waals surface area contributed by atoms with Gasteiger partial charge in [0.05, 0.1) is 10.8 Å². The van der Waals surface area contributed by atoms with Crippen molar-refractivity contribution in [2.75, 3.05) is 5.75 Å². The summed E-state index contributed by atoms with van der Waals surface area (Å²) in [4.78, 5) is 51.5. The van der Waals surface area contributed by atoms with Gasteiger partial charge in [-0.2, -0.15) is 0 Å². The molecule has 3 amide bonds. The van der Waals surface area contributed by atoms with Crippen molar-refractivity contribution in [3.63, 3.8) is 0 Å². The maximum absolute atomic E-state index is 13.3. The molecule has 1 fully saturated rings. The van der Waals surface area contributed by atoms with Gasteiger partial charge in [-0.15, -0.1) is 0 Å². The number of phenols is 1. The summed E-state index contributed by atoms with van der Waals surface area (Å²) in [5.41, 5.74) is 7.61. The summed E-state index contributed by atoms with van der Waals surface area (Å²) in [7, 11) is 2.43. The van der Waals surface area contributed by atoms with Crippen LogP contribution in [0.2, 0.25) is 0 Å². The van der Waals surface area contributed by atoms with Crippen molar-refractivity contribution in [3.8, 4) is 5.75 Å². The van der Waals surface area contributed by atoms with E-state index in [1.165, 1.54) is 33.7 Å². The molecule has 1 saturated heterocycles. The van der Waals surface area contributed by atoms with Crippen molar-refractivity contribution in [1.82, 2.24) is 16.0 Å². The van der Waals surface area contributed by atoms with Crippen LogP contribution in [0.1, 0.15) is 25.0 Å². The summed E-state index contributed by atoms with van der Waals surface area (Å²) in [6, 6.07) is 11.1. The highest BCUT2D eigenvalue weighted by molar-refractivity contribution is 8.77. The van der Waals surface area contributed by atoms with Crippen molar-refractivity contribution in [3.05, 3.63) is 65.7 Å². The van der Waals surface area contributed by atoms with Crippen LogP contribution >= 0.6 is 21.6 Å². The van der Waals surface area contributed by atoms with Crippen LogP contribution in [-0.2, 0) is 32.0 Å². The van der Waals surface area contributed by atoms with Crippen LogP contribution in [0, 0.1) is 0 Å². The zero-order chi connectivity index (χ0) is 27.9. The summed E-state index contributed by atoms with van der Waals surface area (Å²) < 4.78 is -0.930. The number of carboxylic acids is 1. The molecule has 7 N–H and O–H groups in total. The predicted molar refractivity (Wildman–Crippen MR) is 147 cm³/mol. The number of rotatable bonds is 7. The van der Waals surface area contributed by atoms with E-state index in [-0.39, 0.29) is 24.3 Å². The van der Waals surface area contributed by atoms with Gasteiger partial charge < -0.3 is 31.9 Å². The van der Waals surface area contributed by atoms with Crippen LogP contribution in [0.5, 0.6) is 5.75 Å². The number of aliphatic carboxylic acids is 1. The van der Waals surface area contributed by atoms with E-state index < -0.39 is 52.6 Å². The lowest BCUT2D eigenvalue weighted by Crippen LogP contribution is -2.59. The van der Waals surface area contributed by atoms with Gasteiger partial charge in [-0.3, -0.25) is 14.4 Å². The highest BCUT2D eigenvalue weighted by atomic mass is 33.1. The van der Waals surface area contributed by atoms with Gasteiger partial charge in [0.1, 0.15) is 23.9 Å². The fraction of sp³-hybridized carbons (Fsp3) is 0.385. The van der Waals surface area contributed by atoms with E-state index in [1.54, 1.807) is 50.2 Å². The number of aromatic hydroxyl groups is 1. The molecule has 0 unspecified atom stereocenters. The van der Waals surface area contributed by atoms with Crippen molar-refractivity contribution in [1.29, 1.82) is 0 Å². The van der Waals surface area contributed by atoms with E-state index in [0.29, 0.717) is 0 Å². The van der Waals surface area contributed by atoms with Gasteiger partial charge in [-0.1, -0.05) is 64.1 Å². The van der Waals surface area contributed by atoms with Gasteiger partial charge in [0.25, 0.3) is 0 Å². The normalized spacial score (nSPS) is 22.8. The SMILES string of the molecule is CC1(C)SSC[C@H](NC(=O)[C@@H](N)Cc2ccc(O)cc2)C(=O)N[C@H](Cc2ccccc2)C(=O)N[C@@H]1C(=O)O. The van der Waals surface area contributed by atoms with Crippen LogP contribution < -0.4 is 21.7 Å². The lowest BCUT2D eigenvalue weighted by atomic mass is 10.0. The van der Waals surface area contributed by atoms with Gasteiger partial charge in [0, 0.05) is 12.2 Å². The van der Waals surface area contributed by atoms with E-state index in [9.17, 15) is 29.4 Å². The molecule has 12 heteroatoms. The summed E-state index contributed by atoms with van der Waals surface area (Å²) in [5.74, 6) is -2.74. The molecule has 1 aliphatic rings. The Bertz CT molecular complexity index is 1150. The summed E-state index contributed by atoms with van der Waals surface area (Å²) in [6.07, 6.45) is 0.321. The molecule has 4 atom stereocenters. The first-order valence-corrected chi connectivity index (χ1v) is 14.3. The molecule has 0 aliphatic carbocycles. The molecule has 0 aromatic heterocycles. The highest BCUT2D eigenvalue weighted by Gasteiger charge is 2.40. The van der Waals surface area contributed by atoms with Crippen molar-refractivity contribution >= 4 is 45.3 Å². The first-order valence-electron chi connectivity index (χ1n) is 12.0. The van der Waals surface area contributed by atoms with Gasteiger partial charge in [-0.05, 0) is 43.5 Å². The van der Waals surface area contributed by atoms with Gasteiger partial charge in [0.15, 0.2) is 0 Å². The maximum Gasteiger partial charge on any atom is 0.327 e. The van der Waals surface area contributed by atoms with Crippen LogP contribution in [0.25, 0.3) is 0 Å². The molecule has 2 aromatic carbocycles. The molecule has 204 valence electrons. The van der Waals surface area contributed by atoms with E-state index in [2.05, 4.69) is 16.0 Å². The van der Waals surface area contributed by atoms with Gasteiger partial charge >= 0.3 is 5.97 Å². The Morgan fingerprint density at radius 3 is 2.34 bits per heavy atom. The molecule has 1 aliphatic heterocycles. The molecule has 10 nitrogen and oxygen atoms in total. The third kappa shape index (κ3) is 8.14. The van der Waals surface area contributed by atoms with E-state index in [4.69, 9.17) is 5.73 Å². The first-order chi connectivity index (χ1) is 18.0. The summed E-state index contributed by atoms with van der Waals surface area (Å²) in [5, 5.41) is 27.3. The minimum atomic E-state index is -1.22. The third-order valence-electron chi connectivity index (χ3n) is 6.01. The number of hydrogen-bond acceptors (Lipinski definition) is 8. The van der Waals surface area contributed by atoms with Crippen molar-refractivity contribution in [2.45, 2.75) is 55.6 Å². The number of nitrogens with two attached hydrogens (primary N) is 1. The molecule has 0 saturated carbocycles. The first kappa shape index (κ1) is 29.3. The average molecular weight is 561 g/mol. The van der Waals surface area contributed by atoms with E-state index >= 15 is 0 Å². The second-order valence-corrected chi connectivity index (χ2v) is 12.5. The lowest BCUT2D eigenvalue weighted by molar-refractivity contribution is -0.143. The predicted octanol–water partition coefficient (Wildman–Crippen LogP) is 1.22. The number of nitrogens with one attached hydrogen (secondary N) is 3. The van der Waals surface area contributed by atoms with Gasteiger partial charge in [-0.25, -0.2) is 4.79 Å². The van der Waals surface area contributed by atoms with Crippen LogP contribution in [-0.4, -0.2) is 68.6 Å². The van der Waals surface area contributed by atoms with Crippen LogP contribution in [0.4, 0.5) is 0 Å². The molecule has 0 spiro atoms. The lowest BCUT2D eigenvalue weighted by Gasteiger charge is -2.31. The van der Waals surface area contributed by atoms with Crippen LogP contribution in [0.3, 0.4) is 0 Å². The number of carbonyl (C=O) groups is 4. The fourth-order valence-corrected chi connectivity index (χ4v) is 6.66. The topological polar surface area (TPSA) is 171 Å². The average Bonchev–Trinajstić information content (AvgIpc) is 2.88. The second-order valence-electron chi connectivity index (χ2n) is 9.54. The number of hydrogen-bond donors (Lipinski definition) is 6. The Kier molecular flexibility index (Phi) is 10.1. The largest absolute Gasteiger partial charge is 0.508 e. The molecular formula is C26H32N4O6S2. The van der Waals surface area contributed by atoms with Gasteiger partial charge in [0.2, 0.25) is 17.7 Å². The molecule has 1 heterocycles. The molecule has 0 bridgehead atoms. The Morgan fingerprint density at radius 2 is 1.71 bits per heavy atom. The van der Waals surface area contributed by atoms with E-state index in [1.807, 2.05) is 6.07 Å². The smallest absolute Gasteiger partial charge is 0.327 e.